The molecule has 0 aromatic heterocycles. The van der Waals surface area contributed by atoms with E-state index in [1.54, 1.807) is 24.3 Å². The monoisotopic (exact) mass is 435 g/mol. The summed E-state index contributed by atoms with van der Waals surface area (Å²) in [5, 5.41) is 11.4. The summed E-state index contributed by atoms with van der Waals surface area (Å²) in [5.41, 5.74) is -1.08. The van der Waals surface area contributed by atoms with E-state index in [9.17, 15) is 19.5 Å². The van der Waals surface area contributed by atoms with Gasteiger partial charge in [-0.3, -0.25) is 14.4 Å². The second-order valence-corrected chi connectivity index (χ2v) is 7.69. The highest BCUT2D eigenvalue weighted by Crippen LogP contribution is 2.49. The molecule has 3 rings (SSSR count). The van der Waals surface area contributed by atoms with Crippen LogP contribution in [0.3, 0.4) is 0 Å². The zero-order valence-corrected chi connectivity index (χ0v) is 17.4. The van der Waals surface area contributed by atoms with Gasteiger partial charge >= 0.3 is 0 Å². The lowest BCUT2D eigenvalue weighted by atomic mass is 9.90. The number of ether oxygens (including phenoxy) is 1. The molecular formula is C21H19Cl2NO5. The standard InChI is InChI=1S/C21H19Cl2NO5/c1-12(25)11-21(28)18-16(22)7-8-17(23)19(18)24(20(21)27)9-10-29-15-5-3-14(4-6-15)13(2)26/h3-8,28H,9-11H2,1-2H3. The summed E-state index contributed by atoms with van der Waals surface area (Å²) in [5.74, 6) is -0.551. The van der Waals surface area contributed by atoms with Crippen LogP contribution in [0.4, 0.5) is 5.69 Å². The van der Waals surface area contributed by atoms with E-state index in [2.05, 4.69) is 0 Å². The van der Waals surface area contributed by atoms with E-state index in [0.717, 1.165) is 0 Å². The summed E-state index contributed by atoms with van der Waals surface area (Å²) in [6.45, 7) is 2.95. The van der Waals surface area contributed by atoms with Gasteiger partial charge in [-0.25, -0.2) is 0 Å². The Kier molecular flexibility index (Phi) is 5.98. The van der Waals surface area contributed by atoms with Crippen LogP contribution in [0.15, 0.2) is 36.4 Å². The van der Waals surface area contributed by atoms with E-state index < -0.39 is 17.9 Å². The van der Waals surface area contributed by atoms with Gasteiger partial charge in [0.05, 0.1) is 17.3 Å². The number of hydrogen-bond acceptors (Lipinski definition) is 5. The molecule has 0 spiro atoms. The first-order valence-electron chi connectivity index (χ1n) is 8.91. The van der Waals surface area contributed by atoms with E-state index in [1.807, 2.05) is 0 Å². The molecule has 1 aliphatic heterocycles. The molecule has 0 saturated carbocycles. The molecule has 1 aliphatic rings. The average molecular weight is 436 g/mol. The van der Waals surface area contributed by atoms with E-state index in [0.29, 0.717) is 11.3 Å². The fraction of sp³-hybridized carbons (Fsp3) is 0.286. The molecular weight excluding hydrogens is 417 g/mol. The van der Waals surface area contributed by atoms with E-state index in [1.165, 1.54) is 30.9 Å². The van der Waals surface area contributed by atoms with Crippen molar-refractivity contribution in [3.05, 3.63) is 57.6 Å². The fourth-order valence-corrected chi connectivity index (χ4v) is 3.98. The van der Waals surface area contributed by atoms with Crippen molar-refractivity contribution in [2.75, 3.05) is 18.1 Å². The summed E-state index contributed by atoms with van der Waals surface area (Å²) >= 11 is 12.5. The molecule has 29 heavy (non-hydrogen) atoms. The molecule has 152 valence electrons. The molecule has 0 saturated heterocycles. The number of aliphatic hydroxyl groups is 1. The molecule has 0 aliphatic carbocycles. The molecule has 2 aromatic carbocycles. The highest BCUT2D eigenvalue weighted by Gasteiger charge is 2.52. The maximum atomic E-state index is 13.0. The summed E-state index contributed by atoms with van der Waals surface area (Å²) in [6.07, 6.45) is -0.400. The quantitative estimate of drug-likeness (QED) is 0.668. The van der Waals surface area contributed by atoms with Gasteiger partial charge in [0.25, 0.3) is 5.91 Å². The molecule has 2 aromatic rings. The van der Waals surface area contributed by atoms with Crippen LogP contribution in [0.25, 0.3) is 0 Å². The number of hydrogen-bond donors (Lipinski definition) is 1. The summed E-state index contributed by atoms with van der Waals surface area (Å²) < 4.78 is 5.66. The number of nitrogens with zero attached hydrogens (tertiary/aromatic N) is 1. The number of ketones is 2. The second-order valence-electron chi connectivity index (χ2n) is 6.88. The number of Topliss-reactive ketones (excluding diaryl/α,β-unsaturated/α-hetero) is 2. The van der Waals surface area contributed by atoms with Gasteiger partial charge < -0.3 is 14.7 Å². The predicted octanol–water partition coefficient (Wildman–Crippen LogP) is 3.79. The molecule has 1 N–H and O–H groups in total. The Morgan fingerprint density at radius 2 is 1.69 bits per heavy atom. The van der Waals surface area contributed by atoms with Crippen LogP contribution in [-0.4, -0.2) is 35.7 Å². The van der Waals surface area contributed by atoms with Crippen molar-refractivity contribution in [3.8, 4) is 5.75 Å². The van der Waals surface area contributed by atoms with Crippen molar-refractivity contribution >= 4 is 46.4 Å². The average Bonchev–Trinajstić information content (AvgIpc) is 2.87. The molecule has 8 heteroatoms. The number of amides is 1. The van der Waals surface area contributed by atoms with Crippen LogP contribution in [-0.2, 0) is 15.2 Å². The predicted molar refractivity (Wildman–Crippen MR) is 110 cm³/mol. The minimum Gasteiger partial charge on any atom is -0.492 e. The number of rotatable bonds is 7. The Morgan fingerprint density at radius 3 is 2.28 bits per heavy atom. The first-order valence-corrected chi connectivity index (χ1v) is 9.67. The van der Waals surface area contributed by atoms with Gasteiger partial charge in [-0.2, -0.15) is 0 Å². The van der Waals surface area contributed by atoms with Gasteiger partial charge in [-0.05, 0) is 50.2 Å². The SMILES string of the molecule is CC(=O)CC1(O)C(=O)N(CCOc2ccc(C(C)=O)cc2)c2c(Cl)ccc(Cl)c21. The Balaban J connectivity index is 1.83. The molecule has 0 fully saturated rings. The van der Waals surface area contributed by atoms with Gasteiger partial charge in [0.15, 0.2) is 11.4 Å². The third-order valence-electron chi connectivity index (χ3n) is 4.71. The van der Waals surface area contributed by atoms with Crippen LogP contribution in [0, 0.1) is 0 Å². The Labute approximate surface area is 178 Å². The number of fused-ring (bicyclic) bond motifs is 1. The van der Waals surface area contributed by atoms with E-state index in [4.69, 9.17) is 27.9 Å². The number of carbonyl (C=O) groups excluding carboxylic acids is 3. The van der Waals surface area contributed by atoms with Crippen LogP contribution < -0.4 is 9.64 Å². The molecule has 1 unspecified atom stereocenters. The molecule has 1 atom stereocenters. The number of benzene rings is 2. The smallest absolute Gasteiger partial charge is 0.264 e. The minimum absolute atomic E-state index is 0.0490. The maximum absolute atomic E-state index is 13.0. The zero-order valence-electron chi connectivity index (χ0n) is 15.9. The zero-order chi connectivity index (χ0) is 21.3. The van der Waals surface area contributed by atoms with Gasteiger partial charge in [0, 0.05) is 22.6 Å². The van der Waals surface area contributed by atoms with Crippen LogP contribution in [0.2, 0.25) is 10.0 Å². The molecule has 0 bridgehead atoms. The Hall–Kier alpha value is -2.41. The first-order chi connectivity index (χ1) is 13.6. The van der Waals surface area contributed by atoms with Crippen molar-refractivity contribution in [2.24, 2.45) is 0 Å². The Bertz CT molecular complexity index is 989. The minimum atomic E-state index is -2.06. The van der Waals surface area contributed by atoms with Crippen LogP contribution >= 0.6 is 23.2 Å². The van der Waals surface area contributed by atoms with Crippen molar-refractivity contribution in [3.63, 3.8) is 0 Å². The van der Waals surface area contributed by atoms with Crippen molar-refractivity contribution in [2.45, 2.75) is 25.9 Å². The van der Waals surface area contributed by atoms with Crippen LogP contribution in [0.1, 0.15) is 36.2 Å². The van der Waals surface area contributed by atoms with Crippen LogP contribution in [0.5, 0.6) is 5.75 Å². The third kappa shape index (κ3) is 4.01. The van der Waals surface area contributed by atoms with Crippen molar-refractivity contribution in [1.29, 1.82) is 0 Å². The fourth-order valence-electron chi connectivity index (χ4n) is 3.41. The van der Waals surface area contributed by atoms with E-state index in [-0.39, 0.29) is 46.0 Å². The molecule has 1 heterocycles. The maximum Gasteiger partial charge on any atom is 0.264 e. The van der Waals surface area contributed by atoms with Crippen molar-refractivity contribution in [1.82, 2.24) is 0 Å². The topological polar surface area (TPSA) is 83.9 Å². The lowest BCUT2D eigenvalue weighted by Crippen LogP contribution is -2.43. The van der Waals surface area contributed by atoms with Crippen molar-refractivity contribution < 1.29 is 24.2 Å². The lowest BCUT2D eigenvalue weighted by Gasteiger charge is -2.22. The highest BCUT2D eigenvalue weighted by molar-refractivity contribution is 6.38. The first kappa shape index (κ1) is 21.3. The number of anilines is 1. The number of carbonyl (C=O) groups is 3. The summed E-state index contributed by atoms with van der Waals surface area (Å²) in [6, 6.07) is 9.63. The van der Waals surface area contributed by atoms with Gasteiger partial charge in [-0.1, -0.05) is 23.2 Å². The van der Waals surface area contributed by atoms with Gasteiger partial charge in [0.1, 0.15) is 18.1 Å². The summed E-state index contributed by atoms with van der Waals surface area (Å²) in [4.78, 5) is 37.3. The lowest BCUT2D eigenvalue weighted by molar-refractivity contribution is -0.141. The summed E-state index contributed by atoms with van der Waals surface area (Å²) in [7, 11) is 0. The molecule has 6 nitrogen and oxygen atoms in total. The highest BCUT2D eigenvalue weighted by atomic mass is 35.5. The van der Waals surface area contributed by atoms with Gasteiger partial charge in [-0.15, -0.1) is 0 Å². The number of halogens is 2. The largest absolute Gasteiger partial charge is 0.492 e. The molecule has 1 amide bonds. The van der Waals surface area contributed by atoms with E-state index >= 15 is 0 Å². The normalized spacial score (nSPS) is 18.0. The van der Waals surface area contributed by atoms with Gasteiger partial charge in [0.2, 0.25) is 0 Å². The molecule has 0 radical (unpaired) electrons. The Morgan fingerprint density at radius 1 is 1.07 bits per heavy atom. The second kappa shape index (κ2) is 8.14. The third-order valence-corrected chi connectivity index (χ3v) is 5.33.